The van der Waals surface area contributed by atoms with Gasteiger partial charge in [0.15, 0.2) is 0 Å². The van der Waals surface area contributed by atoms with Crippen LogP contribution in [0.1, 0.15) is 26.2 Å². The number of rotatable bonds is 5. The number of anilines is 1. The molecule has 30 heavy (non-hydrogen) atoms. The van der Waals surface area contributed by atoms with Crippen LogP contribution in [-0.4, -0.2) is 53.5 Å². The molecular weight excluding hydrogens is 382 g/mol. The van der Waals surface area contributed by atoms with Crippen LogP contribution in [0.15, 0.2) is 48.8 Å². The zero-order valence-electron chi connectivity index (χ0n) is 17.2. The summed E-state index contributed by atoms with van der Waals surface area (Å²) in [4.78, 5) is 41.8. The molecule has 2 amide bonds. The van der Waals surface area contributed by atoms with Crippen molar-refractivity contribution >= 4 is 23.5 Å². The summed E-state index contributed by atoms with van der Waals surface area (Å²) in [7, 11) is 0. The van der Waals surface area contributed by atoms with Crippen LogP contribution in [0.2, 0.25) is 0 Å². The van der Waals surface area contributed by atoms with E-state index in [1.54, 1.807) is 16.7 Å². The minimum absolute atomic E-state index is 0.169. The molecule has 2 aromatic rings. The van der Waals surface area contributed by atoms with Crippen molar-refractivity contribution in [2.24, 2.45) is 11.8 Å². The zero-order valence-corrected chi connectivity index (χ0v) is 17.2. The van der Waals surface area contributed by atoms with Crippen molar-refractivity contribution in [3.8, 4) is 5.69 Å². The lowest BCUT2D eigenvalue weighted by atomic mass is 9.96. The molecule has 2 aliphatic rings. The highest BCUT2D eigenvalue weighted by Gasteiger charge is 2.42. The molecule has 3 heterocycles. The molecule has 1 aromatic heterocycles. The van der Waals surface area contributed by atoms with Gasteiger partial charge in [-0.1, -0.05) is 12.1 Å². The first-order chi connectivity index (χ1) is 14.6. The Morgan fingerprint density at radius 1 is 1.03 bits per heavy atom. The minimum Gasteiger partial charge on any atom is -0.466 e. The number of hydrogen-bond acceptors (Lipinski definition) is 4. The minimum atomic E-state index is -0.691. The summed E-state index contributed by atoms with van der Waals surface area (Å²) in [5.41, 5.74) is 1.71. The SMILES string of the molecule is CCOC(=O)C1CCCN(C(=O)C2CCN(c3ccccc3-n3cccc3)C2=O)C1. The molecular formula is C23H27N3O4. The predicted octanol–water partition coefficient (Wildman–Crippen LogP) is 2.63. The van der Waals surface area contributed by atoms with Gasteiger partial charge >= 0.3 is 5.97 Å². The Morgan fingerprint density at radius 3 is 2.50 bits per heavy atom. The van der Waals surface area contributed by atoms with Crippen molar-refractivity contribution in [1.82, 2.24) is 9.47 Å². The van der Waals surface area contributed by atoms with E-state index < -0.39 is 5.92 Å². The first kappa shape index (κ1) is 20.2. The summed E-state index contributed by atoms with van der Waals surface area (Å²) in [6.07, 6.45) is 5.82. The fraction of sp³-hybridized carbons (Fsp3) is 0.435. The van der Waals surface area contributed by atoms with Gasteiger partial charge in [0.1, 0.15) is 5.92 Å². The van der Waals surface area contributed by atoms with Gasteiger partial charge in [-0.15, -0.1) is 0 Å². The van der Waals surface area contributed by atoms with E-state index in [1.807, 2.05) is 53.4 Å². The van der Waals surface area contributed by atoms with Crippen LogP contribution in [0.3, 0.4) is 0 Å². The normalized spacial score (nSPS) is 21.7. The molecule has 2 unspecified atom stereocenters. The van der Waals surface area contributed by atoms with Crippen LogP contribution in [0.4, 0.5) is 5.69 Å². The summed E-state index contributed by atoms with van der Waals surface area (Å²) in [5.74, 6) is -1.59. The van der Waals surface area contributed by atoms with E-state index in [0.29, 0.717) is 32.7 Å². The van der Waals surface area contributed by atoms with Crippen LogP contribution in [0.5, 0.6) is 0 Å². The fourth-order valence-corrected chi connectivity index (χ4v) is 4.40. The van der Waals surface area contributed by atoms with E-state index in [4.69, 9.17) is 4.74 Å². The Morgan fingerprint density at radius 2 is 1.77 bits per heavy atom. The lowest BCUT2D eigenvalue weighted by Crippen LogP contribution is -2.46. The number of hydrogen-bond donors (Lipinski definition) is 0. The maximum absolute atomic E-state index is 13.2. The summed E-state index contributed by atoms with van der Waals surface area (Å²) in [6.45, 7) is 3.53. The van der Waals surface area contributed by atoms with Gasteiger partial charge in [-0.2, -0.15) is 0 Å². The lowest BCUT2D eigenvalue weighted by molar-refractivity contribution is -0.152. The number of carbonyl (C=O) groups excluding carboxylic acids is 3. The predicted molar refractivity (Wildman–Crippen MR) is 112 cm³/mol. The largest absolute Gasteiger partial charge is 0.466 e. The Bertz CT molecular complexity index is 924. The number of benzene rings is 1. The van der Waals surface area contributed by atoms with Crippen LogP contribution in [-0.2, 0) is 19.1 Å². The number of nitrogens with zero attached hydrogens (tertiary/aromatic N) is 3. The van der Waals surface area contributed by atoms with Crippen molar-refractivity contribution in [3.63, 3.8) is 0 Å². The van der Waals surface area contributed by atoms with E-state index >= 15 is 0 Å². The monoisotopic (exact) mass is 409 g/mol. The maximum atomic E-state index is 13.2. The molecule has 1 aromatic carbocycles. The molecule has 4 rings (SSSR count). The Kier molecular flexibility index (Phi) is 5.88. The van der Waals surface area contributed by atoms with Gasteiger partial charge in [0.2, 0.25) is 11.8 Å². The molecule has 7 heteroatoms. The number of aromatic nitrogens is 1. The molecule has 2 fully saturated rings. The Labute approximate surface area is 176 Å². The molecule has 158 valence electrons. The maximum Gasteiger partial charge on any atom is 0.310 e. The van der Waals surface area contributed by atoms with Crippen LogP contribution >= 0.6 is 0 Å². The Hall–Kier alpha value is -3.09. The summed E-state index contributed by atoms with van der Waals surface area (Å²) in [6, 6.07) is 11.6. The highest BCUT2D eigenvalue weighted by atomic mass is 16.5. The van der Waals surface area contributed by atoms with Gasteiger partial charge in [-0.05, 0) is 50.5 Å². The molecule has 0 spiro atoms. The quantitative estimate of drug-likeness (QED) is 0.562. The lowest BCUT2D eigenvalue weighted by Gasteiger charge is -2.33. The molecule has 7 nitrogen and oxygen atoms in total. The van der Waals surface area contributed by atoms with Crippen molar-refractivity contribution in [1.29, 1.82) is 0 Å². The van der Waals surface area contributed by atoms with Crippen LogP contribution in [0, 0.1) is 11.8 Å². The molecule has 2 saturated heterocycles. The number of ether oxygens (including phenoxy) is 1. The van der Waals surface area contributed by atoms with Crippen LogP contribution < -0.4 is 4.90 Å². The van der Waals surface area contributed by atoms with Gasteiger partial charge in [0, 0.05) is 32.0 Å². The van der Waals surface area contributed by atoms with Gasteiger partial charge in [-0.3, -0.25) is 14.4 Å². The second-order valence-electron chi connectivity index (χ2n) is 7.79. The highest BCUT2D eigenvalue weighted by Crippen LogP contribution is 2.32. The standard InChI is InChI=1S/C23H27N3O4/c1-2-30-23(29)17-8-7-14-25(16-17)21(27)18-11-15-26(22(18)28)20-10-4-3-9-19(20)24-12-5-6-13-24/h3-6,9-10,12-13,17-18H,2,7-8,11,14-16H2,1H3. The van der Waals surface area contributed by atoms with E-state index in [-0.39, 0.29) is 23.7 Å². The van der Waals surface area contributed by atoms with E-state index in [9.17, 15) is 14.4 Å². The average molecular weight is 409 g/mol. The number of esters is 1. The number of para-hydroxylation sites is 2. The van der Waals surface area contributed by atoms with Gasteiger partial charge in [0.05, 0.1) is 23.9 Å². The summed E-state index contributed by atoms with van der Waals surface area (Å²) >= 11 is 0. The first-order valence-electron chi connectivity index (χ1n) is 10.6. The smallest absolute Gasteiger partial charge is 0.310 e. The molecule has 0 saturated carbocycles. The molecule has 0 radical (unpaired) electrons. The average Bonchev–Trinajstić information content (AvgIpc) is 3.43. The van der Waals surface area contributed by atoms with E-state index in [2.05, 4.69) is 0 Å². The van der Waals surface area contributed by atoms with Crippen LogP contribution in [0.25, 0.3) is 5.69 Å². The van der Waals surface area contributed by atoms with Crippen molar-refractivity contribution in [2.45, 2.75) is 26.2 Å². The summed E-state index contributed by atoms with van der Waals surface area (Å²) in [5, 5.41) is 0. The van der Waals surface area contributed by atoms with Crippen molar-refractivity contribution in [3.05, 3.63) is 48.8 Å². The highest BCUT2D eigenvalue weighted by molar-refractivity contribution is 6.10. The number of amides is 2. The third-order valence-electron chi connectivity index (χ3n) is 5.91. The van der Waals surface area contributed by atoms with Gasteiger partial charge in [0.25, 0.3) is 0 Å². The second-order valence-corrected chi connectivity index (χ2v) is 7.79. The number of piperidine rings is 1. The van der Waals surface area contributed by atoms with Gasteiger partial charge in [-0.25, -0.2) is 0 Å². The van der Waals surface area contributed by atoms with Gasteiger partial charge < -0.3 is 19.1 Å². The first-order valence-corrected chi connectivity index (χ1v) is 10.6. The fourth-order valence-electron chi connectivity index (χ4n) is 4.40. The second kappa shape index (κ2) is 8.73. The third kappa shape index (κ3) is 3.84. The molecule has 0 N–H and O–H groups in total. The third-order valence-corrected chi connectivity index (χ3v) is 5.91. The summed E-state index contributed by atoms with van der Waals surface area (Å²) < 4.78 is 7.09. The van der Waals surface area contributed by atoms with E-state index in [1.165, 1.54) is 0 Å². The topological polar surface area (TPSA) is 71.8 Å². The number of likely N-dealkylation sites (tertiary alicyclic amines) is 1. The Balaban J connectivity index is 1.49. The molecule has 2 aliphatic heterocycles. The molecule has 0 bridgehead atoms. The van der Waals surface area contributed by atoms with Crippen molar-refractivity contribution < 1.29 is 19.1 Å². The molecule has 2 atom stereocenters. The molecule has 0 aliphatic carbocycles. The van der Waals surface area contributed by atoms with Crippen molar-refractivity contribution in [2.75, 3.05) is 31.1 Å². The zero-order chi connectivity index (χ0) is 21.1. The number of carbonyl (C=O) groups is 3. The van der Waals surface area contributed by atoms with E-state index in [0.717, 1.165) is 24.2 Å².